The molecule has 2 N–H and O–H groups in total. The van der Waals surface area contributed by atoms with Crippen LogP contribution in [0.2, 0.25) is 0 Å². The number of aromatic nitrogens is 1. The van der Waals surface area contributed by atoms with Gasteiger partial charge in [-0.05, 0) is 61.2 Å². The quantitative estimate of drug-likeness (QED) is 0.827. The number of benzene rings is 1. The fraction of sp³-hybridized carbons (Fsp3) is 0.450. The van der Waals surface area contributed by atoms with Crippen LogP contribution in [0.1, 0.15) is 35.6 Å². The van der Waals surface area contributed by atoms with Gasteiger partial charge in [0.05, 0.1) is 11.9 Å². The van der Waals surface area contributed by atoms with Gasteiger partial charge in [0.1, 0.15) is 5.82 Å². The summed E-state index contributed by atoms with van der Waals surface area (Å²) in [5, 5.41) is 6.85. The summed E-state index contributed by atoms with van der Waals surface area (Å²) in [6.07, 6.45) is 3.72. The molecular weight excluding hydrogens is 331 g/mol. The number of epoxide rings is 1. The van der Waals surface area contributed by atoms with Crippen LogP contribution in [0.15, 0.2) is 36.5 Å². The maximum Gasteiger partial charge on any atom is 0.170 e. The van der Waals surface area contributed by atoms with Crippen LogP contribution in [-0.4, -0.2) is 35.4 Å². The van der Waals surface area contributed by atoms with Crippen LogP contribution in [0.25, 0.3) is 0 Å². The summed E-state index contributed by atoms with van der Waals surface area (Å²) in [7, 11) is 0. The van der Waals surface area contributed by atoms with E-state index in [1.807, 2.05) is 0 Å². The van der Waals surface area contributed by atoms with Gasteiger partial charge in [0.25, 0.3) is 0 Å². The Bertz CT molecular complexity index is 791. The zero-order chi connectivity index (χ0) is 17.5. The van der Waals surface area contributed by atoms with Crippen LogP contribution in [-0.2, 0) is 17.8 Å². The molecule has 136 valence electrons. The van der Waals surface area contributed by atoms with Gasteiger partial charge in [-0.2, -0.15) is 0 Å². The van der Waals surface area contributed by atoms with Gasteiger partial charge in [0.2, 0.25) is 0 Å². The number of hydrogen-bond acceptors (Lipinski definition) is 5. The van der Waals surface area contributed by atoms with Crippen LogP contribution >= 0.6 is 0 Å². The highest BCUT2D eigenvalue weighted by molar-refractivity contribution is 5.46. The molecule has 6 heteroatoms. The normalized spacial score (nSPS) is 25.9. The number of anilines is 1. The summed E-state index contributed by atoms with van der Waals surface area (Å²) in [5.41, 5.74) is 4.42. The third kappa shape index (κ3) is 3.20. The Hall–Kier alpha value is -2.02. The first kappa shape index (κ1) is 16.2. The minimum absolute atomic E-state index is 0.0149. The Labute approximate surface area is 152 Å². The molecular formula is C20H23FN4O. The molecule has 2 atom stereocenters. The lowest BCUT2D eigenvalue weighted by Crippen LogP contribution is -2.26. The van der Waals surface area contributed by atoms with Crippen molar-refractivity contribution in [2.24, 2.45) is 0 Å². The molecule has 3 aliphatic heterocycles. The zero-order valence-corrected chi connectivity index (χ0v) is 14.6. The molecule has 26 heavy (non-hydrogen) atoms. The Morgan fingerprint density at radius 3 is 2.77 bits per heavy atom. The molecule has 0 aliphatic carbocycles. The van der Waals surface area contributed by atoms with E-state index in [1.54, 1.807) is 6.07 Å². The molecule has 1 aromatic carbocycles. The maximum atomic E-state index is 13.3. The molecule has 0 radical (unpaired) electrons. The first-order valence-corrected chi connectivity index (χ1v) is 9.36. The molecule has 0 amide bonds. The highest BCUT2D eigenvalue weighted by atomic mass is 19.1. The van der Waals surface area contributed by atoms with Gasteiger partial charge in [-0.3, -0.25) is 9.88 Å². The van der Waals surface area contributed by atoms with E-state index >= 15 is 0 Å². The van der Waals surface area contributed by atoms with Crippen molar-refractivity contribution < 1.29 is 9.13 Å². The Morgan fingerprint density at radius 2 is 1.96 bits per heavy atom. The highest BCUT2D eigenvalue weighted by Gasteiger charge is 2.46. The number of ether oxygens (including phenoxy) is 1. The van der Waals surface area contributed by atoms with E-state index in [0.29, 0.717) is 19.0 Å². The number of nitrogens with zero attached hydrogens (tertiary/aromatic N) is 2. The minimum Gasteiger partial charge on any atom is -0.357 e. The second-order valence-electron chi connectivity index (χ2n) is 7.40. The molecule has 2 aromatic rings. The predicted octanol–water partition coefficient (Wildman–Crippen LogP) is 2.80. The number of fused-ring (bicyclic) bond motifs is 1. The van der Waals surface area contributed by atoms with E-state index in [4.69, 9.17) is 4.74 Å². The van der Waals surface area contributed by atoms with Gasteiger partial charge in [-0.15, -0.1) is 0 Å². The molecule has 1 aromatic heterocycles. The SMILES string of the molecule is Fc1cnc2c(c1)CN(C1OC1Nc1ccc(C3CCNCC3)cc1)C2. The second-order valence-corrected chi connectivity index (χ2v) is 7.40. The number of pyridine rings is 1. The zero-order valence-electron chi connectivity index (χ0n) is 14.6. The standard InChI is InChI=1S/C20H23FN4O/c21-16-9-15-11-25(12-18(15)23-10-16)20-19(26-20)24-17-3-1-13(2-4-17)14-5-7-22-8-6-14/h1-4,9-10,14,19-20,22,24H,5-8,11-12H2. The summed E-state index contributed by atoms with van der Waals surface area (Å²) in [5.74, 6) is 0.400. The Morgan fingerprint density at radius 1 is 1.15 bits per heavy atom. The van der Waals surface area contributed by atoms with Crippen molar-refractivity contribution in [1.82, 2.24) is 15.2 Å². The lowest BCUT2D eigenvalue weighted by Gasteiger charge is -2.23. The van der Waals surface area contributed by atoms with E-state index in [9.17, 15) is 4.39 Å². The predicted molar refractivity (Wildman–Crippen MR) is 97.0 cm³/mol. The van der Waals surface area contributed by atoms with Gasteiger partial charge in [0, 0.05) is 18.8 Å². The van der Waals surface area contributed by atoms with Crippen molar-refractivity contribution in [2.45, 2.75) is 44.3 Å². The van der Waals surface area contributed by atoms with Gasteiger partial charge in [0.15, 0.2) is 12.5 Å². The highest BCUT2D eigenvalue weighted by Crippen LogP contribution is 2.34. The first-order valence-electron chi connectivity index (χ1n) is 9.36. The monoisotopic (exact) mass is 354 g/mol. The van der Waals surface area contributed by atoms with Crippen LogP contribution in [0.4, 0.5) is 10.1 Å². The van der Waals surface area contributed by atoms with Gasteiger partial charge in [-0.25, -0.2) is 4.39 Å². The third-order valence-electron chi connectivity index (χ3n) is 5.61. The summed E-state index contributed by atoms with van der Waals surface area (Å²) >= 11 is 0. The topological polar surface area (TPSA) is 52.7 Å². The molecule has 0 spiro atoms. The summed E-state index contributed by atoms with van der Waals surface area (Å²) < 4.78 is 19.1. The Kier molecular flexibility index (Phi) is 4.11. The van der Waals surface area contributed by atoms with E-state index < -0.39 is 0 Å². The van der Waals surface area contributed by atoms with Crippen LogP contribution in [0.5, 0.6) is 0 Å². The van der Waals surface area contributed by atoms with E-state index in [2.05, 4.69) is 44.8 Å². The fourth-order valence-corrected chi connectivity index (χ4v) is 4.09. The molecule has 2 saturated heterocycles. The molecule has 2 fully saturated rings. The van der Waals surface area contributed by atoms with Crippen molar-refractivity contribution in [3.63, 3.8) is 0 Å². The van der Waals surface area contributed by atoms with Crippen molar-refractivity contribution >= 4 is 5.69 Å². The summed E-state index contributed by atoms with van der Waals surface area (Å²) in [4.78, 5) is 6.38. The molecule has 0 saturated carbocycles. The largest absolute Gasteiger partial charge is 0.357 e. The van der Waals surface area contributed by atoms with Crippen molar-refractivity contribution in [3.05, 3.63) is 59.2 Å². The van der Waals surface area contributed by atoms with Crippen molar-refractivity contribution in [3.8, 4) is 0 Å². The van der Waals surface area contributed by atoms with Crippen LogP contribution < -0.4 is 10.6 Å². The molecule has 5 nitrogen and oxygen atoms in total. The van der Waals surface area contributed by atoms with Gasteiger partial charge in [-0.1, -0.05) is 12.1 Å². The van der Waals surface area contributed by atoms with Gasteiger partial charge >= 0.3 is 0 Å². The van der Waals surface area contributed by atoms with E-state index in [-0.39, 0.29) is 18.3 Å². The number of halogens is 1. The lowest BCUT2D eigenvalue weighted by atomic mass is 9.90. The van der Waals surface area contributed by atoms with Crippen molar-refractivity contribution in [2.75, 3.05) is 18.4 Å². The number of nitrogens with one attached hydrogen (secondary N) is 2. The smallest absolute Gasteiger partial charge is 0.170 e. The first-order chi connectivity index (χ1) is 12.8. The summed E-state index contributed by atoms with van der Waals surface area (Å²) in [6, 6.07) is 10.3. The molecule has 3 aliphatic rings. The van der Waals surface area contributed by atoms with E-state index in [0.717, 1.165) is 30.0 Å². The lowest BCUT2D eigenvalue weighted by molar-refractivity contribution is 0.176. The number of rotatable bonds is 4. The maximum absolute atomic E-state index is 13.3. The molecule has 5 rings (SSSR count). The third-order valence-corrected chi connectivity index (χ3v) is 5.61. The van der Waals surface area contributed by atoms with Gasteiger partial charge < -0.3 is 15.4 Å². The van der Waals surface area contributed by atoms with Crippen LogP contribution in [0.3, 0.4) is 0 Å². The Balaban J connectivity index is 1.17. The molecule has 0 bridgehead atoms. The summed E-state index contributed by atoms with van der Waals surface area (Å²) in [6.45, 7) is 3.63. The second kappa shape index (κ2) is 6.61. The molecule has 4 heterocycles. The minimum atomic E-state index is -0.272. The average molecular weight is 354 g/mol. The van der Waals surface area contributed by atoms with Crippen LogP contribution in [0, 0.1) is 5.82 Å². The van der Waals surface area contributed by atoms with Crippen molar-refractivity contribution in [1.29, 1.82) is 0 Å². The van der Waals surface area contributed by atoms with E-state index in [1.165, 1.54) is 24.6 Å². The average Bonchev–Trinajstić information content (AvgIpc) is 3.31. The molecule has 2 unspecified atom stereocenters. The fourth-order valence-electron chi connectivity index (χ4n) is 4.09. The number of piperidine rings is 1. The number of hydrogen-bond donors (Lipinski definition) is 2.